The van der Waals surface area contributed by atoms with Crippen molar-refractivity contribution in [1.82, 2.24) is 4.98 Å². The Morgan fingerprint density at radius 2 is 1.84 bits per heavy atom. The van der Waals surface area contributed by atoms with Gasteiger partial charge in [0.1, 0.15) is 16.5 Å². The van der Waals surface area contributed by atoms with Crippen LogP contribution in [0.3, 0.4) is 0 Å². The van der Waals surface area contributed by atoms with E-state index in [-0.39, 0.29) is 11.2 Å². The first kappa shape index (κ1) is 16.0. The first-order chi connectivity index (χ1) is 12.2. The molecule has 0 spiro atoms. The average molecular weight is 349 g/mol. The molecule has 1 aliphatic rings. The Balaban J connectivity index is 1.51. The summed E-state index contributed by atoms with van der Waals surface area (Å²) in [7, 11) is 1.65. The summed E-state index contributed by atoms with van der Waals surface area (Å²) in [4.78, 5) is 17.6. The largest absolute Gasteiger partial charge is 0.497 e. The number of nitrogens with zero attached hydrogens (tertiary/aromatic N) is 1. The summed E-state index contributed by atoms with van der Waals surface area (Å²) >= 11 is 1.57. The summed E-state index contributed by atoms with van der Waals surface area (Å²) < 4.78 is 5.21. The number of carbonyl (C=O) groups excluding carboxylic acids is 1. The highest BCUT2D eigenvalue weighted by Crippen LogP contribution is 2.50. The third kappa shape index (κ3) is 3.10. The molecule has 25 heavy (non-hydrogen) atoms. The van der Waals surface area contributed by atoms with Crippen molar-refractivity contribution in [2.24, 2.45) is 0 Å². The standard InChI is InChI=1S/C21H19NO2S/c1-24-17-9-7-16(8-10-17)21(11-12-21)19(23)13-20-22-18(14-25-20)15-5-3-2-4-6-15/h2-10,14H,11-13H2,1H3. The second-order valence-electron chi connectivity index (χ2n) is 6.40. The first-order valence-electron chi connectivity index (χ1n) is 8.39. The molecule has 0 N–H and O–H groups in total. The lowest BCUT2D eigenvalue weighted by atomic mass is 9.90. The molecule has 126 valence electrons. The molecule has 0 bridgehead atoms. The van der Waals surface area contributed by atoms with Crippen molar-refractivity contribution in [2.75, 3.05) is 7.11 Å². The summed E-state index contributed by atoms with van der Waals surface area (Å²) in [5, 5.41) is 2.92. The molecule has 1 aliphatic carbocycles. The van der Waals surface area contributed by atoms with Gasteiger partial charge in [0.15, 0.2) is 0 Å². The van der Waals surface area contributed by atoms with Crippen molar-refractivity contribution in [3.8, 4) is 17.0 Å². The molecular formula is C21H19NO2S. The number of rotatable bonds is 6. The minimum Gasteiger partial charge on any atom is -0.497 e. The van der Waals surface area contributed by atoms with Gasteiger partial charge in [0.05, 0.1) is 24.6 Å². The number of ether oxygens (including phenoxy) is 1. The number of methoxy groups -OCH3 is 1. The Morgan fingerprint density at radius 1 is 1.12 bits per heavy atom. The highest BCUT2D eigenvalue weighted by molar-refractivity contribution is 7.10. The highest BCUT2D eigenvalue weighted by atomic mass is 32.1. The van der Waals surface area contributed by atoms with Crippen molar-refractivity contribution < 1.29 is 9.53 Å². The molecule has 1 fully saturated rings. The zero-order chi connectivity index (χ0) is 17.3. The molecule has 0 amide bonds. The second-order valence-corrected chi connectivity index (χ2v) is 7.35. The van der Waals surface area contributed by atoms with Crippen LogP contribution in [0, 0.1) is 0 Å². The van der Waals surface area contributed by atoms with Crippen molar-refractivity contribution >= 4 is 17.1 Å². The van der Waals surface area contributed by atoms with E-state index in [0.29, 0.717) is 6.42 Å². The summed E-state index contributed by atoms with van der Waals surface area (Å²) in [6.07, 6.45) is 2.26. The number of hydrogen-bond acceptors (Lipinski definition) is 4. The lowest BCUT2D eigenvalue weighted by Crippen LogP contribution is -2.22. The molecule has 3 aromatic rings. The number of thiazole rings is 1. The Hall–Kier alpha value is -2.46. The van der Waals surface area contributed by atoms with E-state index < -0.39 is 0 Å². The van der Waals surface area contributed by atoms with Crippen LogP contribution in [-0.4, -0.2) is 17.9 Å². The van der Waals surface area contributed by atoms with Crippen molar-refractivity contribution in [1.29, 1.82) is 0 Å². The van der Waals surface area contributed by atoms with Crippen LogP contribution in [0.1, 0.15) is 23.4 Å². The van der Waals surface area contributed by atoms with Gasteiger partial charge in [-0.1, -0.05) is 42.5 Å². The van der Waals surface area contributed by atoms with E-state index in [2.05, 4.69) is 4.98 Å². The van der Waals surface area contributed by atoms with E-state index in [1.54, 1.807) is 18.4 Å². The number of carbonyl (C=O) groups is 1. The van der Waals surface area contributed by atoms with Crippen LogP contribution in [0.4, 0.5) is 0 Å². The van der Waals surface area contributed by atoms with Gasteiger partial charge in [-0.15, -0.1) is 11.3 Å². The molecule has 0 atom stereocenters. The quantitative estimate of drug-likeness (QED) is 0.649. The van der Waals surface area contributed by atoms with Gasteiger partial charge in [0.2, 0.25) is 0 Å². The van der Waals surface area contributed by atoms with Crippen LogP contribution in [0.5, 0.6) is 5.75 Å². The van der Waals surface area contributed by atoms with Crippen LogP contribution in [0.25, 0.3) is 11.3 Å². The fraction of sp³-hybridized carbons (Fsp3) is 0.238. The Kier molecular flexibility index (Phi) is 4.14. The van der Waals surface area contributed by atoms with Gasteiger partial charge in [-0.3, -0.25) is 4.79 Å². The maximum Gasteiger partial charge on any atom is 0.150 e. The maximum absolute atomic E-state index is 12.9. The van der Waals surface area contributed by atoms with Crippen molar-refractivity contribution in [3.63, 3.8) is 0 Å². The lowest BCUT2D eigenvalue weighted by molar-refractivity contribution is -0.120. The van der Waals surface area contributed by atoms with Crippen LogP contribution in [0.2, 0.25) is 0 Å². The monoisotopic (exact) mass is 349 g/mol. The van der Waals surface area contributed by atoms with Gasteiger partial charge in [0.25, 0.3) is 0 Å². The van der Waals surface area contributed by atoms with E-state index in [1.807, 2.05) is 60.0 Å². The molecule has 0 saturated heterocycles. The van der Waals surface area contributed by atoms with Crippen LogP contribution in [-0.2, 0) is 16.6 Å². The average Bonchev–Trinajstić information content (AvgIpc) is 3.36. The molecule has 0 radical (unpaired) electrons. The molecule has 1 aromatic heterocycles. The fourth-order valence-electron chi connectivity index (χ4n) is 3.20. The van der Waals surface area contributed by atoms with Crippen LogP contribution < -0.4 is 4.74 Å². The Bertz CT molecular complexity index is 880. The number of ketones is 1. The number of hydrogen-bond donors (Lipinski definition) is 0. The Labute approximate surface area is 151 Å². The zero-order valence-corrected chi connectivity index (χ0v) is 14.9. The van der Waals surface area contributed by atoms with Crippen LogP contribution in [0.15, 0.2) is 60.0 Å². The number of aromatic nitrogens is 1. The van der Waals surface area contributed by atoms with E-state index in [9.17, 15) is 4.79 Å². The van der Waals surface area contributed by atoms with E-state index in [1.165, 1.54) is 0 Å². The zero-order valence-electron chi connectivity index (χ0n) is 14.1. The molecular weight excluding hydrogens is 330 g/mol. The van der Waals surface area contributed by atoms with Gasteiger partial charge in [-0.05, 0) is 30.5 Å². The van der Waals surface area contributed by atoms with Gasteiger partial charge in [0, 0.05) is 10.9 Å². The van der Waals surface area contributed by atoms with Crippen molar-refractivity contribution in [2.45, 2.75) is 24.7 Å². The molecule has 0 unspecified atom stereocenters. The first-order valence-corrected chi connectivity index (χ1v) is 9.27. The van der Waals surface area contributed by atoms with Crippen molar-refractivity contribution in [3.05, 3.63) is 70.5 Å². The molecule has 4 heteroatoms. The predicted octanol–water partition coefficient (Wildman–Crippen LogP) is 4.66. The SMILES string of the molecule is COc1ccc(C2(C(=O)Cc3nc(-c4ccccc4)cs3)CC2)cc1. The predicted molar refractivity (Wildman–Crippen MR) is 100 cm³/mol. The van der Waals surface area contributed by atoms with E-state index >= 15 is 0 Å². The normalized spacial score (nSPS) is 14.9. The highest BCUT2D eigenvalue weighted by Gasteiger charge is 2.50. The molecule has 2 aromatic carbocycles. The third-order valence-corrected chi connectivity index (χ3v) is 5.71. The topological polar surface area (TPSA) is 39.2 Å². The van der Waals surface area contributed by atoms with Gasteiger partial charge >= 0.3 is 0 Å². The van der Waals surface area contributed by atoms with E-state index in [0.717, 1.165) is 40.4 Å². The van der Waals surface area contributed by atoms with E-state index in [4.69, 9.17) is 4.74 Å². The summed E-state index contributed by atoms with van der Waals surface area (Å²) in [5.41, 5.74) is 2.82. The molecule has 1 heterocycles. The van der Waals surface area contributed by atoms with Crippen LogP contribution >= 0.6 is 11.3 Å². The minimum absolute atomic E-state index is 0.270. The summed E-state index contributed by atoms with van der Waals surface area (Å²) in [5.74, 6) is 1.09. The summed E-state index contributed by atoms with van der Waals surface area (Å²) in [6, 6.07) is 18.0. The molecule has 0 aliphatic heterocycles. The summed E-state index contributed by atoms with van der Waals surface area (Å²) in [6.45, 7) is 0. The van der Waals surface area contributed by atoms with Gasteiger partial charge < -0.3 is 4.74 Å². The third-order valence-electron chi connectivity index (χ3n) is 4.86. The van der Waals surface area contributed by atoms with Gasteiger partial charge in [-0.2, -0.15) is 0 Å². The molecule has 4 rings (SSSR count). The maximum atomic E-state index is 12.9. The smallest absolute Gasteiger partial charge is 0.150 e. The second kappa shape index (κ2) is 6.45. The molecule has 3 nitrogen and oxygen atoms in total. The van der Waals surface area contributed by atoms with Gasteiger partial charge in [-0.25, -0.2) is 4.98 Å². The number of benzene rings is 2. The Morgan fingerprint density at radius 3 is 2.48 bits per heavy atom. The molecule has 1 saturated carbocycles. The lowest BCUT2D eigenvalue weighted by Gasteiger charge is -2.14. The minimum atomic E-state index is -0.315. The number of Topliss-reactive ketones (excluding diaryl/α,β-unsaturated/α-hetero) is 1. The fourth-order valence-corrected chi connectivity index (χ4v) is 4.01.